The van der Waals surface area contributed by atoms with Crippen molar-refractivity contribution in [3.8, 4) is 0 Å². The maximum absolute atomic E-state index is 13.3. The number of carboxylic acids is 1. The summed E-state index contributed by atoms with van der Waals surface area (Å²) in [7, 11) is 0. The Morgan fingerprint density at radius 2 is 1.36 bits per heavy atom. The molecule has 0 aliphatic heterocycles. The molecular formula is C26H41N7O6. The number of carbonyl (C=O) groups is 4. The van der Waals surface area contributed by atoms with E-state index in [2.05, 4.69) is 20.9 Å². The number of hydrogen-bond acceptors (Lipinski definition) is 8. The maximum Gasteiger partial charge on any atom is 0.328 e. The highest BCUT2D eigenvalue weighted by atomic mass is 16.4. The number of aromatic nitrogens is 1. The molecular weight excluding hydrogens is 506 g/mol. The van der Waals surface area contributed by atoms with Crippen molar-refractivity contribution in [2.45, 2.75) is 69.1 Å². The zero-order valence-electron chi connectivity index (χ0n) is 22.0. The fourth-order valence-corrected chi connectivity index (χ4v) is 4.16. The van der Waals surface area contributed by atoms with Crippen LogP contribution in [-0.2, 0) is 25.6 Å². The predicted molar refractivity (Wildman–Crippen MR) is 146 cm³/mol. The third-order valence-electron chi connectivity index (χ3n) is 6.41. The molecule has 0 aliphatic carbocycles. The molecule has 216 valence electrons. The van der Waals surface area contributed by atoms with Crippen molar-refractivity contribution in [1.82, 2.24) is 20.9 Å². The molecule has 0 saturated heterocycles. The Balaban J connectivity index is 2.12. The van der Waals surface area contributed by atoms with Crippen molar-refractivity contribution in [2.24, 2.45) is 17.2 Å². The fourth-order valence-electron chi connectivity index (χ4n) is 4.16. The van der Waals surface area contributed by atoms with Gasteiger partial charge in [-0.05, 0) is 69.7 Å². The van der Waals surface area contributed by atoms with E-state index in [9.17, 15) is 24.3 Å². The van der Waals surface area contributed by atoms with Crippen LogP contribution in [0.25, 0.3) is 10.9 Å². The van der Waals surface area contributed by atoms with E-state index < -0.39 is 54.5 Å². The second-order valence-corrected chi connectivity index (χ2v) is 9.44. The summed E-state index contributed by atoms with van der Waals surface area (Å²) in [4.78, 5) is 53.4. The largest absolute Gasteiger partial charge is 0.480 e. The van der Waals surface area contributed by atoms with Gasteiger partial charge in [0, 0.05) is 17.1 Å². The predicted octanol–water partition coefficient (Wildman–Crippen LogP) is -1.17. The second-order valence-electron chi connectivity index (χ2n) is 9.44. The van der Waals surface area contributed by atoms with Crippen molar-refractivity contribution in [1.29, 1.82) is 0 Å². The lowest BCUT2D eigenvalue weighted by atomic mass is 10.0. The van der Waals surface area contributed by atoms with Gasteiger partial charge in [0.2, 0.25) is 17.7 Å². The van der Waals surface area contributed by atoms with Gasteiger partial charge in [-0.15, -0.1) is 0 Å². The number of para-hydroxylation sites is 1. The van der Waals surface area contributed by atoms with Crippen LogP contribution in [0, 0.1) is 0 Å². The standard InChI is InChI=1S/C26H41N7O6/c27-11-5-3-9-20(31-23(35)18(29)13-16-14-30-19-8-2-1-7-17(16)19)24(36)32-21(10-4-6-12-28)25(37)33-22(15-34)26(38)39/h1-2,7-8,14,18,20-22,30,34H,3-6,9-13,15,27-29H2,(H,31,35)(H,32,36)(H,33,37)(H,38,39). The van der Waals surface area contributed by atoms with Crippen LogP contribution in [0.1, 0.15) is 44.1 Å². The minimum Gasteiger partial charge on any atom is -0.480 e. The molecule has 1 heterocycles. The number of amides is 3. The number of hydrogen-bond donors (Lipinski definition) is 9. The Kier molecular flexibility index (Phi) is 13.4. The van der Waals surface area contributed by atoms with Gasteiger partial charge in [-0.2, -0.15) is 0 Å². The van der Waals surface area contributed by atoms with E-state index in [1.807, 2.05) is 24.3 Å². The van der Waals surface area contributed by atoms with Gasteiger partial charge in [0.05, 0.1) is 12.6 Å². The minimum atomic E-state index is -1.52. The highest BCUT2D eigenvalue weighted by molar-refractivity contribution is 5.94. The van der Waals surface area contributed by atoms with Gasteiger partial charge in [0.15, 0.2) is 0 Å². The molecule has 0 saturated carbocycles. The minimum absolute atomic E-state index is 0.191. The Hall–Kier alpha value is -3.52. The smallest absolute Gasteiger partial charge is 0.328 e. The molecule has 39 heavy (non-hydrogen) atoms. The van der Waals surface area contributed by atoms with E-state index in [1.54, 1.807) is 6.20 Å². The molecule has 0 bridgehead atoms. The first-order valence-corrected chi connectivity index (χ1v) is 13.2. The van der Waals surface area contributed by atoms with Crippen LogP contribution < -0.4 is 33.2 Å². The normalized spacial score (nSPS) is 14.3. The average Bonchev–Trinajstić information content (AvgIpc) is 3.32. The van der Waals surface area contributed by atoms with Crippen LogP contribution >= 0.6 is 0 Å². The number of aromatic amines is 1. The van der Waals surface area contributed by atoms with Crippen LogP contribution in [0.2, 0.25) is 0 Å². The summed E-state index contributed by atoms with van der Waals surface area (Å²) in [5.41, 5.74) is 19.1. The van der Waals surface area contributed by atoms with E-state index in [0.29, 0.717) is 38.8 Å². The molecule has 1 aromatic heterocycles. The molecule has 2 aromatic rings. The second kappa shape index (κ2) is 16.4. The summed E-state index contributed by atoms with van der Waals surface area (Å²) in [5, 5.41) is 26.9. The Morgan fingerprint density at radius 3 is 1.90 bits per heavy atom. The topological polar surface area (TPSA) is 239 Å². The number of unbranched alkanes of at least 4 members (excludes halogenated alkanes) is 2. The van der Waals surface area contributed by atoms with Gasteiger partial charge >= 0.3 is 5.97 Å². The zero-order chi connectivity index (χ0) is 28.8. The molecule has 0 radical (unpaired) electrons. The number of nitrogens with one attached hydrogen (secondary N) is 4. The summed E-state index contributed by atoms with van der Waals surface area (Å²) in [5.74, 6) is -3.30. The highest BCUT2D eigenvalue weighted by Crippen LogP contribution is 2.19. The van der Waals surface area contributed by atoms with Crippen molar-refractivity contribution >= 4 is 34.6 Å². The number of carbonyl (C=O) groups excluding carboxylic acids is 3. The number of aliphatic carboxylic acids is 1. The molecule has 13 heteroatoms. The number of aliphatic hydroxyl groups excluding tert-OH is 1. The summed E-state index contributed by atoms with van der Waals surface area (Å²) < 4.78 is 0. The van der Waals surface area contributed by atoms with E-state index in [4.69, 9.17) is 22.3 Å². The van der Waals surface area contributed by atoms with Gasteiger partial charge in [0.25, 0.3) is 0 Å². The first kappa shape index (κ1) is 31.7. The monoisotopic (exact) mass is 547 g/mol. The lowest BCUT2D eigenvalue weighted by molar-refractivity contribution is -0.143. The highest BCUT2D eigenvalue weighted by Gasteiger charge is 2.30. The van der Waals surface area contributed by atoms with Gasteiger partial charge < -0.3 is 48.3 Å². The average molecular weight is 548 g/mol. The van der Waals surface area contributed by atoms with Crippen molar-refractivity contribution in [3.63, 3.8) is 0 Å². The molecule has 13 nitrogen and oxygen atoms in total. The summed E-state index contributed by atoms with van der Waals surface area (Å²) >= 11 is 0. The summed E-state index contributed by atoms with van der Waals surface area (Å²) in [6.45, 7) is -0.0242. The molecule has 4 unspecified atom stereocenters. The number of fused-ring (bicyclic) bond motifs is 1. The number of carboxylic acid groups (broad SMARTS) is 1. The van der Waals surface area contributed by atoms with Crippen molar-refractivity contribution < 1.29 is 29.4 Å². The van der Waals surface area contributed by atoms with Crippen LogP contribution in [0.4, 0.5) is 0 Å². The molecule has 0 aliphatic rings. The molecule has 4 atom stereocenters. The van der Waals surface area contributed by atoms with Gasteiger partial charge in [-0.1, -0.05) is 18.2 Å². The Morgan fingerprint density at radius 1 is 0.821 bits per heavy atom. The van der Waals surface area contributed by atoms with E-state index >= 15 is 0 Å². The van der Waals surface area contributed by atoms with Crippen molar-refractivity contribution in [2.75, 3.05) is 19.7 Å². The molecule has 0 spiro atoms. The quantitative estimate of drug-likeness (QED) is 0.102. The SMILES string of the molecule is NCCCCC(NC(=O)C(N)Cc1c[nH]c2ccccc12)C(=O)NC(CCCCN)C(=O)NC(CO)C(=O)O. The number of H-pyrrole nitrogens is 1. The number of aliphatic hydroxyl groups is 1. The van der Waals surface area contributed by atoms with E-state index in [0.717, 1.165) is 16.5 Å². The number of nitrogens with two attached hydrogens (primary N) is 3. The van der Waals surface area contributed by atoms with Crippen molar-refractivity contribution in [3.05, 3.63) is 36.0 Å². The lowest BCUT2D eigenvalue weighted by Crippen LogP contribution is -2.57. The van der Waals surface area contributed by atoms with Crippen LogP contribution in [0.3, 0.4) is 0 Å². The number of rotatable bonds is 18. The first-order valence-electron chi connectivity index (χ1n) is 13.2. The van der Waals surface area contributed by atoms with Gasteiger partial charge in [0.1, 0.15) is 18.1 Å². The summed E-state index contributed by atoms with van der Waals surface area (Å²) in [6.07, 6.45) is 4.74. The zero-order valence-corrected chi connectivity index (χ0v) is 22.0. The lowest BCUT2D eigenvalue weighted by Gasteiger charge is -2.25. The van der Waals surface area contributed by atoms with E-state index in [1.165, 1.54) is 0 Å². The maximum atomic E-state index is 13.3. The molecule has 0 fully saturated rings. The van der Waals surface area contributed by atoms with Gasteiger partial charge in [-0.3, -0.25) is 14.4 Å². The molecule has 12 N–H and O–H groups in total. The summed E-state index contributed by atoms with van der Waals surface area (Å²) in [6, 6.07) is 3.10. The fraction of sp³-hybridized carbons (Fsp3) is 0.538. The molecule has 1 aromatic carbocycles. The van der Waals surface area contributed by atoms with Crippen LogP contribution in [0.5, 0.6) is 0 Å². The Labute approximate surface area is 227 Å². The van der Waals surface area contributed by atoms with Gasteiger partial charge in [-0.25, -0.2) is 4.79 Å². The first-order chi connectivity index (χ1) is 18.7. The van der Waals surface area contributed by atoms with Crippen LogP contribution in [0.15, 0.2) is 30.5 Å². The number of benzene rings is 1. The Bertz CT molecular complexity index is 1090. The third-order valence-corrected chi connectivity index (χ3v) is 6.41. The molecule has 2 rings (SSSR count). The molecule has 3 amide bonds. The van der Waals surface area contributed by atoms with E-state index in [-0.39, 0.29) is 19.3 Å². The van der Waals surface area contributed by atoms with Crippen LogP contribution in [-0.4, -0.2) is 82.8 Å². The third kappa shape index (κ3) is 9.94.